The van der Waals surface area contributed by atoms with E-state index in [1.54, 1.807) is 21.0 Å². The van der Waals surface area contributed by atoms with Gasteiger partial charge in [0.05, 0.1) is 10.7 Å². The molecule has 1 aromatic heterocycles. The Morgan fingerprint density at radius 3 is 2.53 bits per heavy atom. The van der Waals surface area contributed by atoms with Gasteiger partial charge in [-0.25, -0.2) is 0 Å². The number of nitrogens with one attached hydrogen (secondary N) is 2. The van der Waals surface area contributed by atoms with Crippen LogP contribution in [-0.4, -0.2) is 34.7 Å². The molecule has 0 radical (unpaired) electrons. The predicted molar refractivity (Wildman–Crippen MR) is 73.2 cm³/mol. The molecule has 1 rings (SSSR count). The molecular weight excluding hydrogens is 268 g/mol. The fraction of sp³-hybridized carbons (Fsp3) is 0.583. The van der Waals surface area contributed by atoms with Gasteiger partial charge >= 0.3 is 0 Å². The predicted octanol–water partition coefficient (Wildman–Crippen LogP) is 1.03. The monoisotopic (exact) mass is 286 g/mol. The summed E-state index contributed by atoms with van der Waals surface area (Å²) in [7, 11) is 3.18. The highest BCUT2D eigenvalue weighted by atomic mass is 35.5. The molecule has 1 aromatic rings. The van der Waals surface area contributed by atoms with Gasteiger partial charge in [-0.15, -0.1) is 0 Å². The number of hydrogen-bond donors (Lipinski definition) is 2. The van der Waals surface area contributed by atoms with Crippen LogP contribution in [0.5, 0.6) is 0 Å². The zero-order valence-corrected chi connectivity index (χ0v) is 12.3. The number of hydrogen-bond acceptors (Lipinski definition) is 3. The van der Waals surface area contributed by atoms with Crippen LogP contribution in [0.1, 0.15) is 35.9 Å². The molecule has 19 heavy (non-hydrogen) atoms. The Morgan fingerprint density at radius 2 is 2.11 bits per heavy atom. The first-order valence-electron chi connectivity index (χ1n) is 6.13. The third-order valence-corrected chi connectivity index (χ3v) is 3.26. The van der Waals surface area contributed by atoms with Crippen LogP contribution in [0.15, 0.2) is 0 Å². The van der Waals surface area contributed by atoms with E-state index in [-0.39, 0.29) is 11.6 Å². The van der Waals surface area contributed by atoms with Gasteiger partial charge in [0.15, 0.2) is 0 Å². The number of carbonyl (C=O) groups is 2. The summed E-state index contributed by atoms with van der Waals surface area (Å²) in [6, 6.07) is -0.561. The summed E-state index contributed by atoms with van der Waals surface area (Å²) in [6.07, 6.45) is 1.36. The van der Waals surface area contributed by atoms with E-state index >= 15 is 0 Å². The molecule has 1 unspecified atom stereocenters. The zero-order valence-electron chi connectivity index (χ0n) is 11.6. The first kappa shape index (κ1) is 15.5. The number of nitrogens with zero attached hydrogens (tertiary/aromatic N) is 2. The molecule has 0 saturated heterocycles. The van der Waals surface area contributed by atoms with Gasteiger partial charge in [0, 0.05) is 14.1 Å². The van der Waals surface area contributed by atoms with Gasteiger partial charge in [0.1, 0.15) is 11.7 Å². The fourth-order valence-corrected chi connectivity index (χ4v) is 2.08. The molecule has 0 spiro atoms. The molecule has 0 bridgehead atoms. The summed E-state index contributed by atoms with van der Waals surface area (Å²) in [5.41, 5.74) is 0.852. The summed E-state index contributed by atoms with van der Waals surface area (Å²) < 4.78 is 1.42. The maximum absolute atomic E-state index is 12.2. The topological polar surface area (TPSA) is 76.0 Å². The molecule has 0 aliphatic rings. The van der Waals surface area contributed by atoms with Gasteiger partial charge < -0.3 is 10.6 Å². The smallest absolute Gasteiger partial charge is 0.271 e. The van der Waals surface area contributed by atoms with Crippen LogP contribution >= 0.6 is 11.6 Å². The van der Waals surface area contributed by atoms with Gasteiger partial charge in [-0.1, -0.05) is 24.9 Å². The average molecular weight is 287 g/mol. The van der Waals surface area contributed by atoms with E-state index in [0.717, 1.165) is 6.42 Å². The van der Waals surface area contributed by atoms with Crippen molar-refractivity contribution in [2.75, 3.05) is 7.05 Å². The van der Waals surface area contributed by atoms with E-state index < -0.39 is 11.9 Å². The first-order valence-corrected chi connectivity index (χ1v) is 6.51. The fourth-order valence-electron chi connectivity index (χ4n) is 1.84. The van der Waals surface area contributed by atoms with Crippen LogP contribution in [0, 0.1) is 6.92 Å². The quantitative estimate of drug-likeness (QED) is 0.849. The van der Waals surface area contributed by atoms with Crippen molar-refractivity contribution in [3.05, 3.63) is 16.4 Å². The Labute approximate surface area is 117 Å². The molecule has 1 heterocycles. The van der Waals surface area contributed by atoms with Crippen molar-refractivity contribution in [1.82, 2.24) is 20.4 Å². The summed E-state index contributed by atoms with van der Waals surface area (Å²) in [4.78, 5) is 23.8. The molecule has 6 nitrogen and oxygen atoms in total. The van der Waals surface area contributed by atoms with Gasteiger partial charge in [-0.3, -0.25) is 14.3 Å². The molecule has 7 heteroatoms. The largest absolute Gasteiger partial charge is 0.357 e. The molecule has 2 amide bonds. The summed E-state index contributed by atoms with van der Waals surface area (Å²) >= 11 is 6.04. The van der Waals surface area contributed by atoms with E-state index in [2.05, 4.69) is 15.7 Å². The van der Waals surface area contributed by atoms with E-state index in [1.165, 1.54) is 4.68 Å². The van der Waals surface area contributed by atoms with Crippen molar-refractivity contribution >= 4 is 23.4 Å². The van der Waals surface area contributed by atoms with Gasteiger partial charge in [0.25, 0.3) is 5.91 Å². The van der Waals surface area contributed by atoms with Gasteiger partial charge in [-0.05, 0) is 13.3 Å². The van der Waals surface area contributed by atoms with Crippen LogP contribution in [-0.2, 0) is 11.8 Å². The summed E-state index contributed by atoms with van der Waals surface area (Å²) in [6.45, 7) is 3.67. The molecular formula is C12H19ClN4O2. The summed E-state index contributed by atoms with van der Waals surface area (Å²) in [5, 5.41) is 9.60. The van der Waals surface area contributed by atoms with Crippen LogP contribution in [0.25, 0.3) is 0 Å². The number of carbonyl (C=O) groups excluding carboxylic acids is 2. The lowest BCUT2D eigenvalue weighted by Gasteiger charge is -2.16. The lowest BCUT2D eigenvalue weighted by Crippen LogP contribution is -2.46. The number of aryl methyl sites for hydroxylation is 2. The number of aromatic nitrogens is 2. The SMILES string of the molecule is CCCC(NC(=O)c1c(Cl)c(C)nn1C)C(=O)NC. The minimum absolute atomic E-state index is 0.217. The van der Waals surface area contributed by atoms with E-state index in [9.17, 15) is 9.59 Å². The molecule has 2 N–H and O–H groups in total. The van der Waals surface area contributed by atoms with Crippen molar-refractivity contribution in [1.29, 1.82) is 0 Å². The van der Waals surface area contributed by atoms with Crippen molar-refractivity contribution < 1.29 is 9.59 Å². The highest BCUT2D eigenvalue weighted by Gasteiger charge is 2.24. The van der Waals surface area contributed by atoms with Crippen LogP contribution in [0.4, 0.5) is 0 Å². The van der Waals surface area contributed by atoms with E-state index in [4.69, 9.17) is 11.6 Å². The number of amides is 2. The molecule has 0 aromatic carbocycles. The second kappa shape index (κ2) is 6.56. The van der Waals surface area contributed by atoms with Crippen LogP contribution in [0.2, 0.25) is 5.02 Å². The Morgan fingerprint density at radius 1 is 1.47 bits per heavy atom. The molecule has 1 atom stereocenters. The van der Waals surface area contributed by atoms with Crippen LogP contribution < -0.4 is 10.6 Å². The maximum Gasteiger partial charge on any atom is 0.271 e. The van der Waals surface area contributed by atoms with Crippen molar-refractivity contribution in [2.45, 2.75) is 32.7 Å². The Bertz CT molecular complexity index is 484. The molecule has 0 aliphatic heterocycles. The lowest BCUT2D eigenvalue weighted by molar-refractivity contribution is -0.122. The third kappa shape index (κ3) is 3.47. The zero-order chi connectivity index (χ0) is 14.6. The third-order valence-electron chi connectivity index (χ3n) is 2.81. The minimum Gasteiger partial charge on any atom is -0.357 e. The molecule has 0 fully saturated rings. The van der Waals surface area contributed by atoms with Gasteiger partial charge in [0.2, 0.25) is 5.91 Å². The van der Waals surface area contributed by atoms with Crippen molar-refractivity contribution in [3.63, 3.8) is 0 Å². The molecule has 0 saturated carbocycles. The Balaban J connectivity index is 2.90. The standard InChI is InChI=1S/C12H19ClN4O2/c1-5-6-8(11(18)14-3)15-12(19)10-9(13)7(2)16-17(10)4/h8H,5-6H2,1-4H3,(H,14,18)(H,15,19). The second-order valence-corrected chi connectivity index (χ2v) is 4.68. The Hall–Kier alpha value is -1.56. The number of rotatable bonds is 5. The van der Waals surface area contributed by atoms with Gasteiger partial charge in [-0.2, -0.15) is 5.10 Å². The first-order chi connectivity index (χ1) is 8.92. The Kier molecular flexibility index (Phi) is 5.35. The average Bonchev–Trinajstić information content (AvgIpc) is 2.61. The normalized spacial score (nSPS) is 12.1. The van der Waals surface area contributed by atoms with Crippen LogP contribution in [0.3, 0.4) is 0 Å². The van der Waals surface area contributed by atoms with Crippen molar-refractivity contribution in [3.8, 4) is 0 Å². The minimum atomic E-state index is -0.561. The lowest BCUT2D eigenvalue weighted by atomic mass is 10.1. The number of halogens is 1. The van der Waals surface area contributed by atoms with E-state index in [1.807, 2.05) is 6.92 Å². The molecule has 0 aliphatic carbocycles. The highest BCUT2D eigenvalue weighted by Crippen LogP contribution is 2.19. The van der Waals surface area contributed by atoms with Crippen molar-refractivity contribution in [2.24, 2.45) is 7.05 Å². The van der Waals surface area contributed by atoms with E-state index in [0.29, 0.717) is 17.1 Å². The highest BCUT2D eigenvalue weighted by molar-refractivity contribution is 6.34. The number of likely N-dealkylation sites (N-methyl/N-ethyl adjacent to an activating group) is 1. The maximum atomic E-state index is 12.2. The molecule has 106 valence electrons. The second-order valence-electron chi connectivity index (χ2n) is 4.30. The summed E-state index contributed by atoms with van der Waals surface area (Å²) in [5.74, 6) is -0.611.